The smallest absolute Gasteiger partial charge is 0.281 e. The van der Waals surface area contributed by atoms with Crippen molar-refractivity contribution in [1.82, 2.24) is 0 Å². The summed E-state index contributed by atoms with van der Waals surface area (Å²) in [4.78, 5) is 0. The van der Waals surface area contributed by atoms with Gasteiger partial charge in [0, 0.05) is 3.57 Å². The molecular weight excluding hydrogens is 320 g/mol. The summed E-state index contributed by atoms with van der Waals surface area (Å²) in [5.74, 6) is 0. The molecule has 0 radical (unpaired) electrons. The fourth-order valence-corrected chi connectivity index (χ4v) is 2.33. The molecule has 1 rings (SSSR count). The van der Waals surface area contributed by atoms with Gasteiger partial charge in [-0.25, -0.2) is 0 Å². The lowest BCUT2D eigenvalue weighted by Gasteiger charge is -2.27. The molecule has 0 unspecified atom stereocenters. The minimum absolute atomic E-state index is 0.530. The van der Waals surface area contributed by atoms with E-state index in [9.17, 15) is 13.2 Å². The second-order valence-corrected chi connectivity index (χ2v) is 4.70. The van der Waals surface area contributed by atoms with Gasteiger partial charge in [-0.15, -0.1) is 13.2 Å². The van der Waals surface area contributed by atoms with Crippen molar-refractivity contribution < 1.29 is 17.9 Å². The number of hydrogen-bond acceptors (Lipinski definition) is 1. The summed E-state index contributed by atoms with van der Waals surface area (Å²) < 4.78 is 41.3. The summed E-state index contributed by atoms with van der Waals surface area (Å²) in [7, 11) is 0. The van der Waals surface area contributed by atoms with Crippen molar-refractivity contribution in [3.05, 3.63) is 33.4 Å². The summed E-state index contributed by atoms with van der Waals surface area (Å²) >= 11 is 1.99. The van der Waals surface area contributed by atoms with E-state index in [4.69, 9.17) is 0 Å². The zero-order chi connectivity index (χ0) is 11.7. The van der Waals surface area contributed by atoms with Crippen LogP contribution < -0.4 is 0 Å². The van der Waals surface area contributed by atoms with Crippen LogP contribution in [-0.4, -0.2) is 6.36 Å². The lowest BCUT2D eigenvalue weighted by atomic mass is 9.98. The van der Waals surface area contributed by atoms with Gasteiger partial charge < -0.3 is 0 Å². The molecule has 0 fully saturated rings. The van der Waals surface area contributed by atoms with Crippen molar-refractivity contribution >= 4 is 22.6 Å². The van der Waals surface area contributed by atoms with Gasteiger partial charge in [0.2, 0.25) is 0 Å². The molecule has 0 amide bonds. The molecule has 1 aromatic carbocycles. The minimum atomic E-state index is -4.62. The maximum atomic E-state index is 12.1. The van der Waals surface area contributed by atoms with Gasteiger partial charge in [0.25, 0.3) is 0 Å². The third-order valence-electron chi connectivity index (χ3n) is 1.89. The van der Waals surface area contributed by atoms with E-state index in [-0.39, 0.29) is 0 Å². The number of rotatable bonds is 2. The monoisotopic (exact) mass is 330 g/mol. The SMILES string of the molecule is CC(C)(OC(F)(F)F)c1ccccc1I. The van der Waals surface area contributed by atoms with Crippen LogP contribution in [0.3, 0.4) is 0 Å². The van der Waals surface area contributed by atoms with Gasteiger partial charge in [-0.1, -0.05) is 18.2 Å². The van der Waals surface area contributed by atoms with Crippen LogP contribution in [0, 0.1) is 3.57 Å². The van der Waals surface area contributed by atoms with Gasteiger partial charge >= 0.3 is 6.36 Å². The number of alkyl halides is 3. The number of halogens is 4. The Kier molecular flexibility index (Phi) is 3.65. The number of ether oxygens (including phenoxy) is 1. The molecule has 0 aliphatic carbocycles. The van der Waals surface area contributed by atoms with Crippen LogP contribution in [-0.2, 0) is 10.3 Å². The molecule has 0 aromatic heterocycles. The quantitative estimate of drug-likeness (QED) is 0.743. The topological polar surface area (TPSA) is 9.23 Å². The molecule has 0 bridgehead atoms. The van der Waals surface area contributed by atoms with E-state index < -0.39 is 12.0 Å². The Bertz CT molecular complexity index is 347. The van der Waals surface area contributed by atoms with Crippen LogP contribution in [0.15, 0.2) is 24.3 Å². The average molecular weight is 330 g/mol. The van der Waals surface area contributed by atoms with Crippen LogP contribution in [0.2, 0.25) is 0 Å². The molecule has 15 heavy (non-hydrogen) atoms. The van der Waals surface area contributed by atoms with E-state index in [2.05, 4.69) is 4.74 Å². The summed E-state index contributed by atoms with van der Waals surface area (Å²) in [6, 6.07) is 6.85. The Morgan fingerprint density at radius 2 is 1.67 bits per heavy atom. The van der Waals surface area contributed by atoms with Gasteiger partial charge in [-0.3, -0.25) is 4.74 Å². The molecule has 1 nitrogen and oxygen atoms in total. The summed E-state index contributed by atoms with van der Waals surface area (Å²) in [5.41, 5.74) is -0.835. The van der Waals surface area contributed by atoms with Crippen molar-refractivity contribution in [2.75, 3.05) is 0 Å². The van der Waals surface area contributed by atoms with Gasteiger partial charge in [-0.05, 0) is 48.1 Å². The lowest BCUT2D eigenvalue weighted by Crippen LogP contribution is -2.30. The molecule has 0 saturated heterocycles. The van der Waals surface area contributed by atoms with Crippen molar-refractivity contribution in [1.29, 1.82) is 0 Å². The first-order valence-corrected chi connectivity index (χ1v) is 5.32. The van der Waals surface area contributed by atoms with E-state index in [0.717, 1.165) is 3.57 Å². The van der Waals surface area contributed by atoms with E-state index in [1.165, 1.54) is 13.8 Å². The van der Waals surface area contributed by atoms with Gasteiger partial charge in [0.05, 0.1) is 5.60 Å². The molecule has 0 heterocycles. The molecular formula is C10H10F3IO. The Morgan fingerprint density at radius 1 is 1.13 bits per heavy atom. The lowest BCUT2D eigenvalue weighted by molar-refractivity contribution is -0.364. The third-order valence-corrected chi connectivity index (χ3v) is 2.83. The van der Waals surface area contributed by atoms with Gasteiger partial charge in [-0.2, -0.15) is 0 Å². The van der Waals surface area contributed by atoms with Gasteiger partial charge in [0.15, 0.2) is 0 Å². The summed E-state index contributed by atoms with van der Waals surface area (Å²) in [5, 5.41) is 0. The fraction of sp³-hybridized carbons (Fsp3) is 0.400. The molecule has 84 valence electrons. The summed E-state index contributed by atoms with van der Waals surface area (Å²) in [6.07, 6.45) is -4.62. The van der Waals surface area contributed by atoms with Crippen LogP contribution >= 0.6 is 22.6 Å². The second kappa shape index (κ2) is 4.29. The summed E-state index contributed by atoms with van der Waals surface area (Å²) in [6.45, 7) is 2.80. The van der Waals surface area contributed by atoms with Crippen LogP contribution in [0.25, 0.3) is 0 Å². The highest BCUT2D eigenvalue weighted by molar-refractivity contribution is 14.1. The Balaban J connectivity index is 3.01. The highest BCUT2D eigenvalue weighted by Crippen LogP contribution is 2.34. The van der Waals surface area contributed by atoms with E-state index in [0.29, 0.717) is 5.56 Å². The van der Waals surface area contributed by atoms with Crippen molar-refractivity contribution in [2.45, 2.75) is 25.8 Å². The van der Waals surface area contributed by atoms with Crippen molar-refractivity contribution in [2.24, 2.45) is 0 Å². The predicted octanol–water partition coefficient (Wildman–Crippen LogP) is 4.06. The molecule has 0 atom stereocenters. The zero-order valence-electron chi connectivity index (χ0n) is 8.23. The molecule has 0 saturated carbocycles. The minimum Gasteiger partial charge on any atom is -0.281 e. The largest absolute Gasteiger partial charge is 0.523 e. The predicted molar refractivity (Wildman–Crippen MR) is 59.3 cm³/mol. The van der Waals surface area contributed by atoms with Crippen molar-refractivity contribution in [3.63, 3.8) is 0 Å². The van der Waals surface area contributed by atoms with Crippen LogP contribution in [0.4, 0.5) is 13.2 Å². The number of hydrogen-bond donors (Lipinski definition) is 0. The molecule has 1 aromatic rings. The normalized spacial score (nSPS) is 12.9. The third kappa shape index (κ3) is 3.64. The first-order valence-electron chi connectivity index (χ1n) is 4.24. The zero-order valence-corrected chi connectivity index (χ0v) is 10.4. The maximum absolute atomic E-state index is 12.1. The number of benzene rings is 1. The Hall–Kier alpha value is -0.300. The van der Waals surface area contributed by atoms with Crippen LogP contribution in [0.5, 0.6) is 0 Å². The highest BCUT2D eigenvalue weighted by atomic mass is 127. The highest BCUT2D eigenvalue weighted by Gasteiger charge is 2.39. The molecule has 0 aliphatic heterocycles. The van der Waals surface area contributed by atoms with E-state index in [1.807, 2.05) is 22.6 Å². The Labute approximate surface area is 99.8 Å². The van der Waals surface area contributed by atoms with Crippen molar-refractivity contribution in [3.8, 4) is 0 Å². The first-order chi connectivity index (χ1) is 6.72. The Morgan fingerprint density at radius 3 is 2.13 bits per heavy atom. The fourth-order valence-electron chi connectivity index (χ4n) is 1.29. The second-order valence-electron chi connectivity index (χ2n) is 3.54. The average Bonchev–Trinajstić information content (AvgIpc) is 1.99. The maximum Gasteiger partial charge on any atom is 0.523 e. The van der Waals surface area contributed by atoms with E-state index in [1.54, 1.807) is 24.3 Å². The molecule has 0 spiro atoms. The molecule has 5 heteroatoms. The standard InChI is InChI=1S/C10H10F3IO/c1-9(2,15-10(11,12)13)7-5-3-4-6-8(7)14/h3-6H,1-2H3. The van der Waals surface area contributed by atoms with E-state index >= 15 is 0 Å². The molecule has 0 N–H and O–H groups in total. The molecule has 0 aliphatic rings. The van der Waals surface area contributed by atoms with Crippen LogP contribution in [0.1, 0.15) is 19.4 Å². The first kappa shape index (κ1) is 12.8. The van der Waals surface area contributed by atoms with Gasteiger partial charge in [0.1, 0.15) is 0 Å².